The average Bonchev–Trinajstić information content (AvgIpc) is 3.18. The third kappa shape index (κ3) is 2.19. The predicted octanol–water partition coefficient (Wildman–Crippen LogP) is 7.56. The largest absolute Gasteiger partial charge is 0.309 e. The molecule has 4 heteroatoms. The fourth-order valence-electron chi connectivity index (χ4n) is 4.53. The van der Waals surface area contributed by atoms with Crippen LogP contribution in [0.5, 0.6) is 0 Å². The van der Waals surface area contributed by atoms with E-state index < -0.39 is 5.92 Å². The van der Waals surface area contributed by atoms with Crippen LogP contribution in [-0.4, -0.2) is 4.57 Å². The van der Waals surface area contributed by atoms with Crippen LogP contribution >= 0.6 is 11.6 Å². The fourth-order valence-corrected chi connectivity index (χ4v) is 4.70. The number of benzene rings is 4. The highest BCUT2D eigenvalue weighted by molar-refractivity contribution is 6.31. The zero-order valence-corrected chi connectivity index (χ0v) is 15.9. The van der Waals surface area contributed by atoms with E-state index in [0.29, 0.717) is 16.1 Å². The topological polar surface area (TPSA) is 4.93 Å². The van der Waals surface area contributed by atoms with Gasteiger partial charge < -0.3 is 4.57 Å². The zero-order valence-electron chi connectivity index (χ0n) is 15.2. The molecule has 1 aliphatic rings. The first-order chi connectivity index (χ1) is 14.1. The molecule has 29 heavy (non-hydrogen) atoms. The smallest absolute Gasteiger partial charge is 0.299 e. The van der Waals surface area contributed by atoms with Crippen molar-refractivity contribution < 1.29 is 8.78 Å². The average molecular weight is 402 g/mol. The number of aromatic nitrogens is 1. The second-order valence-electron chi connectivity index (χ2n) is 7.36. The van der Waals surface area contributed by atoms with Gasteiger partial charge in [0, 0.05) is 32.6 Å². The first kappa shape index (κ1) is 16.8. The second kappa shape index (κ2) is 5.68. The van der Waals surface area contributed by atoms with E-state index in [-0.39, 0.29) is 11.1 Å². The number of hydrogen-bond donors (Lipinski definition) is 0. The lowest BCUT2D eigenvalue weighted by Gasteiger charge is -2.13. The molecule has 0 bridgehead atoms. The molecule has 0 radical (unpaired) electrons. The molecule has 0 N–H and O–H groups in total. The molecule has 0 unspecified atom stereocenters. The Kier molecular flexibility index (Phi) is 3.28. The standard InChI is InChI=1S/C25H14ClF2N/c26-15-9-11-21-19(13-15)20-14-16(10-12-22(20)25(21,27)28)29-23-7-3-1-5-17(23)18-6-2-4-8-24(18)29/h1-14H. The number of hydrogen-bond acceptors (Lipinski definition) is 0. The van der Waals surface area contributed by atoms with E-state index in [2.05, 4.69) is 28.8 Å². The van der Waals surface area contributed by atoms with Crippen LogP contribution in [0.25, 0.3) is 38.6 Å². The van der Waals surface area contributed by atoms with Crippen molar-refractivity contribution in [2.75, 3.05) is 0 Å². The molecular formula is C25H14ClF2N. The van der Waals surface area contributed by atoms with Crippen molar-refractivity contribution in [2.24, 2.45) is 0 Å². The molecule has 0 spiro atoms. The molecule has 0 atom stereocenters. The Morgan fingerprint density at radius 2 is 1.21 bits per heavy atom. The van der Waals surface area contributed by atoms with E-state index >= 15 is 0 Å². The van der Waals surface area contributed by atoms with Gasteiger partial charge in [-0.05, 0) is 53.6 Å². The van der Waals surface area contributed by atoms with Crippen LogP contribution < -0.4 is 0 Å². The molecular weight excluding hydrogens is 388 g/mol. The van der Waals surface area contributed by atoms with Gasteiger partial charge in [-0.3, -0.25) is 0 Å². The Labute approximate surface area is 170 Å². The van der Waals surface area contributed by atoms with Crippen molar-refractivity contribution in [3.8, 4) is 16.8 Å². The van der Waals surface area contributed by atoms with Crippen molar-refractivity contribution in [2.45, 2.75) is 5.92 Å². The molecule has 6 rings (SSSR count). The molecule has 4 aromatic carbocycles. The van der Waals surface area contributed by atoms with E-state index in [4.69, 9.17) is 11.6 Å². The monoisotopic (exact) mass is 401 g/mol. The molecule has 1 aliphatic carbocycles. The molecule has 5 aromatic rings. The Bertz CT molecular complexity index is 1400. The molecule has 0 amide bonds. The molecule has 140 valence electrons. The van der Waals surface area contributed by atoms with Gasteiger partial charge >= 0.3 is 0 Å². The van der Waals surface area contributed by atoms with Crippen LogP contribution in [0.3, 0.4) is 0 Å². The van der Waals surface area contributed by atoms with E-state index in [1.165, 1.54) is 12.1 Å². The van der Waals surface area contributed by atoms with E-state index in [1.54, 1.807) is 18.2 Å². The van der Waals surface area contributed by atoms with Crippen LogP contribution in [0.1, 0.15) is 11.1 Å². The number of rotatable bonds is 1. The minimum atomic E-state index is -3.02. The number of fused-ring (bicyclic) bond motifs is 6. The van der Waals surface area contributed by atoms with Gasteiger partial charge in [0.25, 0.3) is 5.92 Å². The van der Waals surface area contributed by atoms with Gasteiger partial charge in [-0.1, -0.05) is 54.1 Å². The van der Waals surface area contributed by atoms with Crippen LogP contribution in [0.2, 0.25) is 5.02 Å². The lowest BCUT2D eigenvalue weighted by Crippen LogP contribution is -2.10. The molecule has 1 heterocycles. The lowest BCUT2D eigenvalue weighted by atomic mass is 10.0. The second-order valence-corrected chi connectivity index (χ2v) is 7.80. The van der Waals surface area contributed by atoms with Crippen molar-refractivity contribution in [1.29, 1.82) is 0 Å². The number of para-hydroxylation sites is 2. The lowest BCUT2D eigenvalue weighted by molar-refractivity contribution is 0.0480. The van der Waals surface area contributed by atoms with E-state index in [0.717, 1.165) is 27.5 Å². The minimum absolute atomic E-state index is 0.0104. The van der Waals surface area contributed by atoms with Gasteiger partial charge in [0.15, 0.2) is 0 Å². The molecule has 1 nitrogen and oxygen atoms in total. The fraction of sp³-hybridized carbons (Fsp3) is 0.0400. The van der Waals surface area contributed by atoms with Crippen LogP contribution in [0.15, 0.2) is 84.9 Å². The summed E-state index contributed by atoms with van der Waals surface area (Å²) in [7, 11) is 0. The van der Waals surface area contributed by atoms with Crippen LogP contribution in [0.4, 0.5) is 8.78 Å². The van der Waals surface area contributed by atoms with E-state index in [9.17, 15) is 8.78 Å². The van der Waals surface area contributed by atoms with Crippen molar-refractivity contribution in [1.82, 2.24) is 4.57 Å². The first-order valence-corrected chi connectivity index (χ1v) is 9.75. The molecule has 0 saturated carbocycles. The minimum Gasteiger partial charge on any atom is -0.309 e. The number of alkyl halides is 2. The third-order valence-corrected chi connectivity index (χ3v) is 6.02. The SMILES string of the molecule is FC1(F)c2ccc(Cl)cc2-c2cc(-n3c4ccccc4c4ccccc43)ccc21. The van der Waals surface area contributed by atoms with Crippen molar-refractivity contribution >= 4 is 33.4 Å². The number of nitrogens with zero attached hydrogens (tertiary/aromatic N) is 1. The summed E-state index contributed by atoms with van der Waals surface area (Å²) in [6.45, 7) is 0. The third-order valence-electron chi connectivity index (χ3n) is 5.79. The maximum atomic E-state index is 15.0. The summed E-state index contributed by atoms with van der Waals surface area (Å²) in [4.78, 5) is 0. The van der Waals surface area contributed by atoms with Gasteiger partial charge in [-0.15, -0.1) is 0 Å². The zero-order chi connectivity index (χ0) is 19.8. The molecule has 0 aliphatic heterocycles. The maximum Gasteiger partial charge on any atom is 0.299 e. The maximum absolute atomic E-state index is 15.0. The summed E-state index contributed by atoms with van der Waals surface area (Å²) < 4.78 is 32.1. The van der Waals surface area contributed by atoms with E-state index in [1.807, 2.05) is 30.3 Å². The Balaban J connectivity index is 1.69. The molecule has 0 saturated heterocycles. The summed E-state index contributed by atoms with van der Waals surface area (Å²) in [6, 6.07) is 26.1. The highest BCUT2D eigenvalue weighted by Gasteiger charge is 2.44. The number of halogens is 3. The Morgan fingerprint density at radius 3 is 1.86 bits per heavy atom. The summed E-state index contributed by atoms with van der Waals surface area (Å²) in [5.74, 6) is -3.02. The van der Waals surface area contributed by atoms with Gasteiger partial charge in [0.05, 0.1) is 11.0 Å². The normalized spacial score (nSPS) is 14.3. The van der Waals surface area contributed by atoms with Gasteiger partial charge in [0.1, 0.15) is 0 Å². The van der Waals surface area contributed by atoms with Gasteiger partial charge in [-0.2, -0.15) is 8.78 Å². The quantitative estimate of drug-likeness (QED) is 0.273. The Morgan fingerprint density at radius 1 is 0.655 bits per heavy atom. The van der Waals surface area contributed by atoms with Gasteiger partial charge in [-0.25, -0.2) is 0 Å². The summed E-state index contributed by atoms with van der Waals surface area (Å²) in [5, 5.41) is 2.73. The Hall–Kier alpha value is -3.17. The highest BCUT2D eigenvalue weighted by Crippen LogP contribution is 2.52. The summed E-state index contributed by atoms with van der Waals surface area (Å²) >= 11 is 6.13. The first-order valence-electron chi connectivity index (χ1n) is 9.37. The summed E-state index contributed by atoms with van der Waals surface area (Å²) in [5.41, 5.74) is 4.02. The summed E-state index contributed by atoms with van der Waals surface area (Å²) in [6.07, 6.45) is 0. The molecule has 1 aromatic heterocycles. The predicted molar refractivity (Wildman–Crippen MR) is 114 cm³/mol. The van der Waals surface area contributed by atoms with Crippen molar-refractivity contribution in [3.63, 3.8) is 0 Å². The molecule has 0 fully saturated rings. The van der Waals surface area contributed by atoms with Crippen LogP contribution in [-0.2, 0) is 5.92 Å². The van der Waals surface area contributed by atoms with Crippen molar-refractivity contribution in [3.05, 3.63) is 101 Å². The highest BCUT2D eigenvalue weighted by atomic mass is 35.5. The van der Waals surface area contributed by atoms with Gasteiger partial charge in [0.2, 0.25) is 0 Å². The van der Waals surface area contributed by atoms with Crippen LogP contribution in [0, 0.1) is 0 Å².